The van der Waals surface area contributed by atoms with E-state index in [4.69, 9.17) is 5.73 Å². The van der Waals surface area contributed by atoms with Gasteiger partial charge in [-0.25, -0.2) is 4.39 Å². The highest BCUT2D eigenvalue weighted by atomic mass is 19.1. The number of carbonyl (C=O) groups excluding carboxylic acids is 1. The van der Waals surface area contributed by atoms with E-state index in [-0.39, 0.29) is 12.2 Å². The van der Waals surface area contributed by atoms with Crippen LogP contribution < -0.4 is 5.73 Å². The molecule has 1 rings (SSSR count). The van der Waals surface area contributed by atoms with Gasteiger partial charge in [-0.3, -0.25) is 4.79 Å². The third-order valence-electron chi connectivity index (χ3n) is 3.72. The molecule has 0 spiro atoms. The van der Waals surface area contributed by atoms with Gasteiger partial charge >= 0.3 is 0 Å². The van der Waals surface area contributed by atoms with Crippen LogP contribution in [0.2, 0.25) is 0 Å². The van der Waals surface area contributed by atoms with Crippen molar-refractivity contribution in [1.29, 1.82) is 0 Å². The summed E-state index contributed by atoms with van der Waals surface area (Å²) in [6, 6.07) is 6.24. The highest BCUT2D eigenvalue weighted by molar-refractivity contribution is 5.76. The number of nitrogens with two attached hydrogens (primary N) is 1. The molecule has 4 nitrogen and oxygen atoms in total. The lowest BCUT2D eigenvalue weighted by atomic mass is 9.89. The lowest BCUT2D eigenvalue weighted by Crippen LogP contribution is -2.30. The van der Waals surface area contributed by atoms with Gasteiger partial charge in [0.25, 0.3) is 0 Å². The minimum absolute atomic E-state index is 0.265. The van der Waals surface area contributed by atoms with Crippen molar-refractivity contribution < 1.29 is 19.4 Å². The predicted molar refractivity (Wildman–Crippen MR) is 83.6 cm³/mol. The van der Waals surface area contributed by atoms with Crippen molar-refractivity contribution in [3.63, 3.8) is 0 Å². The van der Waals surface area contributed by atoms with Gasteiger partial charge in [0.1, 0.15) is 5.82 Å². The molecule has 0 saturated heterocycles. The smallest absolute Gasteiger partial charge is 0.220 e. The molecule has 0 radical (unpaired) electrons. The number of aliphatic hydroxyl groups is 2. The maximum Gasteiger partial charge on any atom is 0.220 e. The van der Waals surface area contributed by atoms with Crippen LogP contribution in [-0.4, -0.2) is 27.8 Å². The zero-order valence-electron chi connectivity index (χ0n) is 13.3. The Morgan fingerprint density at radius 2 is 2.05 bits per heavy atom. The molecule has 124 valence electrons. The van der Waals surface area contributed by atoms with Crippen molar-refractivity contribution in [3.8, 4) is 0 Å². The second-order valence-corrected chi connectivity index (χ2v) is 6.51. The van der Waals surface area contributed by atoms with E-state index in [0.29, 0.717) is 25.7 Å². The first-order chi connectivity index (χ1) is 10.2. The molecule has 2 atom stereocenters. The first-order valence-corrected chi connectivity index (χ1v) is 7.61. The monoisotopic (exact) mass is 311 g/mol. The molecule has 0 unspecified atom stereocenters. The largest absolute Gasteiger partial charge is 0.393 e. The van der Waals surface area contributed by atoms with E-state index in [0.717, 1.165) is 5.56 Å². The zero-order valence-corrected chi connectivity index (χ0v) is 13.3. The van der Waals surface area contributed by atoms with Gasteiger partial charge in [0.05, 0.1) is 11.7 Å². The summed E-state index contributed by atoms with van der Waals surface area (Å²) >= 11 is 0. The Kier molecular flexibility index (Phi) is 6.97. The van der Waals surface area contributed by atoms with Crippen LogP contribution >= 0.6 is 0 Å². The summed E-state index contributed by atoms with van der Waals surface area (Å²) < 4.78 is 13.1. The fraction of sp³-hybridized carbons (Fsp3) is 0.588. The summed E-state index contributed by atoms with van der Waals surface area (Å²) in [4.78, 5) is 11.5. The van der Waals surface area contributed by atoms with Crippen molar-refractivity contribution in [2.45, 2.75) is 57.7 Å². The van der Waals surface area contributed by atoms with Crippen molar-refractivity contribution in [2.24, 2.45) is 11.7 Å². The van der Waals surface area contributed by atoms with Crippen molar-refractivity contribution >= 4 is 5.91 Å². The third kappa shape index (κ3) is 7.52. The number of benzene rings is 1. The molecule has 0 aliphatic rings. The standard InChI is InChI=1S/C17H26FNO3/c1-17(2,22)9-8-13(16(19)21)11-15(20)7-6-12-4-3-5-14(18)10-12/h3-5,10,13,15,20,22H,6-9,11H2,1-2H3,(H2,19,21)/t13-,15+/m1/s1. The van der Waals surface area contributed by atoms with E-state index in [9.17, 15) is 19.4 Å². The Morgan fingerprint density at radius 3 is 2.59 bits per heavy atom. The molecule has 0 saturated carbocycles. The number of carbonyl (C=O) groups is 1. The number of aliphatic hydroxyl groups excluding tert-OH is 1. The number of amides is 1. The molecular formula is C17H26FNO3. The minimum Gasteiger partial charge on any atom is -0.393 e. The van der Waals surface area contributed by atoms with Crippen LogP contribution in [0.25, 0.3) is 0 Å². The van der Waals surface area contributed by atoms with Crippen molar-refractivity contribution in [3.05, 3.63) is 35.6 Å². The second-order valence-electron chi connectivity index (χ2n) is 6.51. The van der Waals surface area contributed by atoms with E-state index in [2.05, 4.69) is 0 Å². The van der Waals surface area contributed by atoms with Gasteiger partial charge in [-0.15, -0.1) is 0 Å². The maximum atomic E-state index is 13.1. The zero-order chi connectivity index (χ0) is 16.8. The van der Waals surface area contributed by atoms with E-state index in [1.807, 2.05) is 0 Å². The first-order valence-electron chi connectivity index (χ1n) is 7.61. The molecule has 1 aromatic rings. The van der Waals surface area contributed by atoms with Gasteiger partial charge in [-0.05, 0) is 63.6 Å². The van der Waals surface area contributed by atoms with Crippen molar-refractivity contribution in [1.82, 2.24) is 0 Å². The lowest BCUT2D eigenvalue weighted by molar-refractivity contribution is -0.123. The Bertz CT molecular complexity index is 485. The molecule has 1 amide bonds. The minimum atomic E-state index is -0.861. The average Bonchev–Trinajstić information content (AvgIpc) is 2.40. The van der Waals surface area contributed by atoms with Crippen molar-refractivity contribution in [2.75, 3.05) is 0 Å². The predicted octanol–water partition coefficient (Wildman–Crippen LogP) is 2.16. The number of hydrogen-bond acceptors (Lipinski definition) is 3. The molecule has 5 heteroatoms. The highest BCUT2D eigenvalue weighted by Gasteiger charge is 2.23. The first kappa shape index (κ1) is 18.6. The van der Waals surface area contributed by atoms with Crippen LogP contribution in [0.15, 0.2) is 24.3 Å². The van der Waals surface area contributed by atoms with E-state index in [1.165, 1.54) is 12.1 Å². The summed E-state index contributed by atoms with van der Waals surface area (Å²) in [6.45, 7) is 3.34. The van der Waals surface area contributed by atoms with Crippen LogP contribution in [0.4, 0.5) is 4.39 Å². The van der Waals surface area contributed by atoms with Gasteiger partial charge in [0, 0.05) is 5.92 Å². The van der Waals surface area contributed by atoms with Crippen LogP contribution in [0.1, 0.15) is 45.1 Å². The maximum absolute atomic E-state index is 13.1. The lowest BCUT2D eigenvalue weighted by Gasteiger charge is -2.22. The van der Waals surface area contributed by atoms with Gasteiger partial charge < -0.3 is 15.9 Å². The van der Waals surface area contributed by atoms with Gasteiger partial charge in [0.15, 0.2) is 0 Å². The summed E-state index contributed by atoms with van der Waals surface area (Å²) in [5, 5.41) is 19.8. The fourth-order valence-electron chi connectivity index (χ4n) is 2.38. The molecule has 1 aromatic carbocycles. The molecule has 0 bridgehead atoms. The molecule has 0 aliphatic carbocycles. The number of hydrogen-bond donors (Lipinski definition) is 3. The van der Waals surface area contributed by atoms with Crippen LogP contribution in [0, 0.1) is 11.7 Å². The molecule has 0 fully saturated rings. The molecule has 0 aliphatic heterocycles. The number of halogens is 1. The van der Waals surface area contributed by atoms with Gasteiger partial charge in [-0.2, -0.15) is 0 Å². The van der Waals surface area contributed by atoms with Gasteiger partial charge in [-0.1, -0.05) is 12.1 Å². The van der Waals surface area contributed by atoms with E-state index < -0.39 is 23.5 Å². The highest BCUT2D eigenvalue weighted by Crippen LogP contribution is 2.21. The van der Waals surface area contributed by atoms with Gasteiger partial charge in [0.2, 0.25) is 5.91 Å². The van der Waals surface area contributed by atoms with E-state index >= 15 is 0 Å². The summed E-state index contributed by atoms with van der Waals surface area (Å²) in [5.41, 5.74) is 5.31. The topological polar surface area (TPSA) is 83.6 Å². The Morgan fingerprint density at radius 1 is 1.36 bits per heavy atom. The second kappa shape index (κ2) is 8.25. The van der Waals surface area contributed by atoms with E-state index in [1.54, 1.807) is 26.0 Å². The third-order valence-corrected chi connectivity index (χ3v) is 3.72. The summed E-state index contributed by atoms with van der Waals surface area (Å²) in [5.74, 6) is -1.23. The Balaban J connectivity index is 2.46. The molecule has 22 heavy (non-hydrogen) atoms. The fourth-order valence-corrected chi connectivity index (χ4v) is 2.38. The number of primary amides is 1. The molecule has 0 heterocycles. The number of rotatable bonds is 9. The quantitative estimate of drug-likeness (QED) is 0.653. The van der Waals surface area contributed by atoms with Crippen LogP contribution in [0.5, 0.6) is 0 Å². The SMILES string of the molecule is CC(C)(O)CC[C@H](C[C@@H](O)CCc1cccc(F)c1)C(N)=O. The Hall–Kier alpha value is -1.46. The average molecular weight is 311 g/mol. The molecule has 0 aromatic heterocycles. The molecular weight excluding hydrogens is 285 g/mol. The number of aryl methyl sites for hydroxylation is 1. The van der Waals surface area contributed by atoms with Crippen LogP contribution in [0.3, 0.4) is 0 Å². The summed E-state index contributed by atoms with van der Waals surface area (Å²) in [6.07, 6.45) is 1.45. The molecule has 4 N–H and O–H groups in total. The summed E-state index contributed by atoms with van der Waals surface area (Å²) in [7, 11) is 0. The van der Waals surface area contributed by atoms with Crippen LogP contribution in [-0.2, 0) is 11.2 Å². The Labute approximate surface area is 131 Å². The normalized spacial score (nSPS) is 14.6.